The first-order valence-corrected chi connectivity index (χ1v) is 6.73. The molecule has 1 aliphatic rings. The largest absolute Gasteiger partial charge is 0.508 e. The Morgan fingerprint density at radius 1 is 1.44 bits per heavy atom. The molecule has 0 amide bonds. The molecule has 1 atom stereocenters. The molecule has 1 unspecified atom stereocenters. The Balaban J connectivity index is 1.94. The van der Waals surface area contributed by atoms with E-state index in [2.05, 4.69) is 36.9 Å². The predicted molar refractivity (Wildman–Crippen MR) is 74.8 cm³/mol. The Morgan fingerprint density at radius 2 is 2.22 bits per heavy atom. The molecule has 1 heterocycles. The Bertz CT molecular complexity index is 405. The van der Waals surface area contributed by atoms with E-state index in [4.69, 9.17) is 0 Å². The number of phenolic OH excluding ortho intramolecular Hbond substituents is 1. The molecule has 1 saturated heterocycles. The maximum Gasteiger partial charge on any atom is 0.120 e. The number of likely N-dealkylation sites (N-methyl/N-ethyl adjacent to an activating group) is 2. The highest BCUT2D eigenvalue weighted by atomic mass is 16.3. The average Bonchev–Trinajstić information content (AvgIpc) is 2.70. The van der Waals surface area contributed by atoms with Gasteiger partial charge in [-0.1, -0.05) is 17.7 Å². The van der Waals surface area contributed by atoms with Crippen LogP contribution >= 0.6 is 0 Å². The van der Waals surface area contributed by atoms with Crippen LogP contribution in [0.2, 0.25) is 0 Å². The van der Waals surface area contributed by atoms with Gasteiger partial charge in [-0.05, 0) is 46.5 Å². The summed E-state index contributed by atoms with van der Waals surface area (Å²) in [4.78, 5) is 4.74. The van der Waals surface area contributed by atoms with Crippen LogP contribution in [-0.4, -0.2) is 48.1 Å². The molecule has 0 radical (unpaired) electrons. The third kappa shape index (κ3) is 3.24. The lowest BCUT2D eigenvalue weighted by molar-refractivity contribution is 0.214. The van der Waals surface area contributed by atoms with E-state index >= 15 is 0 Å². The smallest absolute Gasteiger partial charge is 0.120 e. The maximum atomic E-state index is 9.86. The fraction of sp³-hybridized carbons (Fsp3) is 0.600. The number of benzene rings is 1. The van der Waals surface area contributed by atoms with Crippen LogP contribution in [0.15, 0.2) is 18.2 Å². The fourth-order valence-electron chi connectivity index (χ4n) is 2.77. The molecule has 1 fully saturated rings. The van der Waals surface area contributed by atoms with E-state index in [0.717, 1.165) is 18.7 Å². The predicted octanol–water partition coefficient (Wildman–Crippen LogP) is 2.23. The third-order valence-corrected chi connectivity index (χ3v) is 3.87. The summed E-state index contributed by atoms with van der Waals surface area (Å²) in [5.41, 5.74) is 2.23. The van der Waals surface area contributed by atoms with Crippen molar-refractivity contribution in [1.82, 2.24) is 9.80 Å². The summed E-state index contributed by atoms with van der Waals surface area (Å²) >= 11 is 0. The molecule has 0 aliphatic carbocycles. The zero-order valence-electron chi connectivity index (χ0n) is 11.7. The number of nitrogens with zero attached hydrogens (tertiary/aromatic N) is 2. The van der Waals surface area contributed by atoms with Gasteiger partial charge in [-0.2, -0.15) is 0 Å². The highest BCUT2D eigenvalue weighted by Crippen LogP contribution is 2.21. The van der Waals surface area contributed by atoms with E-state index in [9.17, 15) is 5.11 Å². The number of hydrogen-bond donors (Lipinski definition) is 1. The molecule has 3 heteroatoms. The van der Waals surface area contributed by atoms with Crippen molar-refractivity contribution in [3.63, 3.8) is 0 Å². The molecular formula is C15H24N2O. The van der Waals surface area contributed by atoms with E-state index in [1.54, 1.807) is 6.07 Å². The summed E-state index contributed by atoms with van der Waals surface area (Å²) in [7, 11) is 4.34. The van der Waals surface area contributed by atoms with Crippen molar-refractivity contribution in [2.24, 2.45) is 0 Å². The second-order valence-corrected chi connectivity index (χ2v) is 5.61. The first-order valence-electron chi connectivity index (χ1n) is 6.73. The molecule has 3 nitrogen and oxygen atoms in total. The first-order chi connectivity index (χ1) is 8.56. The van der Waals surface area contributed by atoms with Crippen molar-refractivity contribution in [1.29, 1.82) is 0 Å². The molecule has 100 valence electrons. The fourth-order valence-corrected chi connectivity index (χ4v) is 2.77. The van der Waals surface area contributed by atoms with Crippen LogP contribution in [0.4, 0.5) is 0 Å². The molecule has 0 spiro atoms. The van der Waals surface area contributed by atoms with Gasteiger partial charge in [0, 0.05) is 24.7 Å². The second kappa shape index (κ2) is 5.72. The van der Waals surface area contributed by atoms with Crippen LogP contribution in [0.3, 0.4) is 0 Å². The highest BCUT2D eigenvalue weighted by Gasteiger charge is 2.22. The quantitative estimate of drug-likeness (QED) is 0.885. The minimum atomic E-state index is 0.409. The summed E-state index contributed by atoms with van der Waals surface area (Å²) in [5.74, 6) is 0.409. The molecular weight excluding hydrogens is 224 g/mol. The number of hydrogen-bond acceptors (Lipinski definition) is 3. The Morgan fingerprint density at radius 3 is 2.89 bits per heavy atom. The van der Waals surface area contributed by atoms with E-state index in [0.29, 0.717) is 11.8 Å². The molecule has 1 aromatic rings. The maximum absolute atomic E-state index is 9.86. The summed E-state index contributed by atoms with van der Waals surface area (Å²) in [6.07, 6.45) is 2.60. The zero-order valence-corrected chi connectivity index (χ0v) is 11.7. The van der Waals surface area contributed by atoms with Crippen molar-refractivity contribution in [3.8, 4) is 5.75 Å². The van der Waals surface area contributed by atoms with E-state index in [1.165, 1.54) is 24.9 Å². The molecule has 0 bridgehead atoms. The van der Waals surface area contributed by atoms with Crippen LogP contribution in [0, 0.1) is 6.92 Å². The van der Waals surface area contributed by atoms with E-state index < -0.39 is 0 Å². The zero-order chi connectivity index (χ0) is 13.1. The topological polar surface area (TPSA) is 26.7 Å². The summed E-state index contributed by atoms with van der Waals surface area (Å²) < 4.78 is 0. The Labute approximate surface area is 110 Å². The van der Waals surface area contributed by atoms with Crippen LogP contribution in [0.5, 0.6) is 5.75 Å². The van der Waals surface area contributed by atoms with Gasteiger partial charge < -0.3 is 14.9 Å². The summed E-state index contributed by atoms with van der Waals surface area (Å²) in [5, 5.41) is 9.86. The highest BCUT2D eigenvalue weighted by molar-refractivity contribution is 5.35. The summed E-state index contributed by atoms with van der Waals surface area (Å²) in [6.45, 7) is 5.17. The number of aromatic hydroxyl groups is 1. The average molecular weight is 248 g/mol. The van der Waals surface area contributed by atoms with Gasteiger partial charge in [0.25, 0.3) is 0 Å². The van der Waals surface area contributed by atoms with Crippen LogP contribution in [-0.2, 0) is 6.54 Å². The minimum Gasteiger partial charge on any atom is -0.508 e. The summed E-state index contributed by atoms with van der Waals surface area (Å²) in [6, 6.07) is 6.48. The first kappa shape index (κ1) is 13.4. The minimum absolute atomic E-state index is 0.409. The molecule has 2 rings (SSSR count). The number of likely N-dealkylation sites (tertiary alicyclic amines) is 1. The van der Waals surface area contributed by atoms with E-state index in [-0.39, 0.29) is 0 Å². The second-order valence-electron chi connectivity index (χ2n) is 5.61. The van der Waals surface area contributed by atoms with Crippen molar-refractivity contribution < 1.29 is 5.11 Å². The van der Waals surface area contributed by atoms with Gasteiger partial charge in [0.2, 0.25) is 0 Å². The number of rotatable bonds is 4. The lowest BCUT2D eigenvalue weighted by Crippen LogP contribution is -2.36. The third-order valence-electron chi connectivity index (χ3n) is 3.87. The van der Waals surface area contributed by atoms with Crippen molar-refractivity contribution >= 4 is 0 Å². The molecule has 18 heavy (non-hydrogen) atoms. The molecule has 1 aromatic carbocycles. The molecule has 0 saturated carbocycles. The monoisotopic (exact) mass is 248 g/mol. The lowest BCUT2D eigenvalue weighted by Gasteiger charge is -2.26. The molecule has 1 N–H and O–H groups in total. The van der Waals surface area contributed by atoms with Gasteiger partial charge in [-0.3, -0.25) is 0 Å². The lowest BCUT2D eigenvalue weighted by atomic mass is 10.1. The molecule has 1 aliphatic heterocycles. The van der Waals surface area contributed by atoms with Crippen LogP contribution in [0.1, 0.15) is 24.0 Å². The number of aryl methyl sites for hydroxylation is 1. The number of phenols is 1. The van der Waals surface area contributed by atoms with Crippen LogP contribution < -0.4 is 0 Å². The SMILES string of the molecule is Cc1ccc(O)c(CN(C)CC2CCCN2C)c1. The Hall–Kier alpha value is -1.06. The van der Waals surface area contributed by atoms with Crippen molar-refractivity contribution in [2.75, 3.05) is 27.2 Å². The van der Waals surface area contributed by atoms with Gasteiger partial charge >= 0.3 is 0 Å². The van der Waals surface area contributed by atoms with Crippen molar-refractivity contribution in [2.45, 2.75) is 32.4 Å². The van der Waals surface area contributed by atoms with Crippen LogP contribution in [0.25, 0.3) is 0 Å². The standard InChI is InChI=1S/C15H24N2O/c1-12-6-7-15(18)13(9-12)10-16(2)11-14-5-4-8-17(14)3/h6-7,9,14,18H,4-5,8,10-11H2,1-3H3. The van der Waals surface area contributed by atoms with Crippen molar-refractivity contribution in [3.05, 3.63) is 29.3 Å². The van der Waals surface area contributed by atoms with Gasteiger partial charge in [0.05, 0.1) is 0 Å². The van der Waals surface area contributed by atoms with Gasteiger partial charge in [-0.15, -0.1) is 0 Å². The normalized spacial score (nSPS) is 20.8. The van der Waals surface area contributed by atoms with E-state index in [1.807, 2.05) is 6.07 Å². The van der Waals surface area contributed by atoms with Gasteiger partial charge in [0.15, 0.2) is 0 Å². The molecule has 0 aromatic heterocycles. The van der Waals surface area contributed by atoms with Gasteiger partial charge in [0.1, 0.15) is 5.75 Å². The van der Waals surface area contributed by atoms with Gasteiger partial charge in [-0.25, -0.2) is 0 Å². The Kier molecular flexibility index (Phi) is 4.25.